The van der Waals surface area contributed by atoms with Crippen LogP contribution in [0.1, 0.15) is 13.3 Å². The largest absolute Gasteiger partial charge is 0.378 e. The van der Waals surface area contributed by atoms with Gasteiger partial charge in [-0.1, -0.05) is 6.92 Å². The molecule has 0 aliphatic carbocycles. The minimum absolute atomic E-state index is 0.490. The summed E-state index contributed by atoms with van der Waals surface area (Å²) in [5, 5.41) is 4.32. The van der Waals surface area contributed by atoms with Gasteiger partial charge in [-0.05, 0) is 6.42 Å². The van der Waals surface area contributed by atoms with Crippen LogP contribution >= 0.6 is 0 Å². The summed E-state index contributed by atoms with van der Waals surface area (Å²) in [6, 6.07) is 0.490. The Morgan fingerprint density at radius 1 is 1.75 bits per heavy atom. The summed E-state index contributed by atoms with van der Waals surface area (Å²) < 4.78 is 5.18. The van der Waals surface area contributed by atoms with Gasteiger partial charge in [0.15, 0.2) is 0 Å². The van der Waals surface area contributed by atoms with Crippen molar-refractivity contribution in [2.45, 2.75) is 19.4 Å². The molecule has 47 valence electrons. The third kappa shape index (κ3) is 1.46. The van der Waals surface area contributed by atoms with Crippen LogP contribution in [-0.2, 0) is 4.74 Å². The van der Waals surface area contributed by atoms with E-state index in [0.717, 1.165) is 26.2 Å². The van der Waals surface area contributed by atoms with Crippen LogP contribution in [0.3, 0.4) is 0 Å². The number of hydrogen-bond donors (Lipinski definition) is 0. The lowest BCUT2D eigenvalue weighted by atomic mass is 10.2. The van der Waals surface area contributed by atoms with Gasteiger partial charge >= 0.3 is 0 Å². The van der Waals surface area contributed by atoms with Crippen LogP contribution in [0.15, 0.2) is 0 Å². The highest BCUT2D eigenvalue weighted by Gasteiger charge is 2.10. The normalized spacial score (nSPS) is 30.4. The molecule has 1 saturated heterocycles. The average Bonchev–Trinajstić information content (AvgIpc) is 1.90. The SMILES string of the molecule is CCC1COCC[N]1. The van der Waals surface area contributed by atoms with E-state index < -0.39 is 0 Å². The Bertz CT molecular complexity index is 59.5. The molecule has 1 unspecified atom stereocenters. The molecule has 1 fully saturated rings. The Hall–Kier alpha value is -0.0800. The van der Waals surface area contributed by atoms with Crippen molar-refractivity contribution >= 4 is 0 Å². The molecule has 1 atom stereocenters. The molecule has 2 nitrogen and oxygen atoms in total. The highest BCUT2D eigenvalue weighted by molar-refractivity contribution is 4.66. The molecule has 1 radical (unpaired) electrons. The van der Waals surface area contributed by atoms with Crippen molar-refractivity contribution in [2.24, 2.45) is 0 Å². The zero-order valence-electron chi connectivity index (χ0n) is 5.26. The molecule has 0 saturated carbocycles. The van der Waals surface area contributed by atoms with Crippen LogP contribution in [0, 0.1) is 0 Å². The van der Waals surface area contributed by atoms with Crippen LogP contribution in [0.25, 0.3) is 0 Å². The van der Waals surface area contributed by atoms with Crippen LogP contribution in [0.5, 0.6) is 0 Å². The average molecular weight is 114 g/mol. The number of nitrogens with zero attached hydrogens (tertiary/aromatic N) is 1. The van der Waals surface area contributed by atoms with Crippen molar-refractivity contribution < 1.29 is 4.74 Å². The minimum Gasteiger partial charge on any atom is -0.378 e. The van der Waals surface area contributed by atoms with Gasteiger partial charge in [0.25, 0.3) is 0 Å². The van der Waals surface area contributed by atoms with Crippen LogP contribution < -0.4 is 5.32 Å². The first-order valence-electron chi connectivity index (χ1n) is 3.18. The van der Waals surface area contributed by atoms with Crippen LogP contribution in [0.4, 0.5) is 0 Å². The van der Waals surface area contributed by atoms with Crippen molar-refractivity contribution in [1.82, 2.24) is 5.32 Å². The van der Waals surface area contributed by atoms with Gasteiger partial charge in [0.05, 0.1) is 13.2 Å². The van der Waals surface area contributed by atoms with Gasteiger partial charge in [-0.3, -0.25) is 0 Å². The number of morpholine rings is 1. The topological polar surface area (TPSA) is 23.3 Å². The molecule has 0 aromatic rings. The second kappa shape index (κ2) is 3.05. The minimum atomic E-state index is 0.490. The van der Waals surface area contributed by atoms with E-state index >= 15 is 0 Å². The van der Waals surface area contributed by atoms with Gasteiger partial charge in [-0.25, -0.2) is 5.32 Å². The van der Waals surface area contributed by atoms with Gasteiger partial charge in [-0.2, -0.15) is 0 Å². The molecule has 1 aliphatic heterocycles. The molecule has 0 amide bonds. The summed E-state index contributed by atoms with van der Waals surface area (Å²) in [5.41, 5.74) is 0. The highest BCUT2D eigenvalue weighted by Crippen LogP contribution is 1.97. The number of hydrogen-bond acceptors (Lipinski definition) is 1. The van der Waals surface area contributed by atoms with Gasteiger partial charge in [0.1, 0.15) is 0 Å². The fraction of sp³-hybridized carbons (Fsp3) is 1.00. The molecule has 8 heavy (non-hydrogen) atoms. The zero-order valence-corrected chi connectivity index (χ0v) is 5.26. The van der Waals surface area contributed by atoms with E-state index in [2.05, 4.69) is 12.2 Å². The lowest BCUT2D eigenvalue weighted by Crippen LogP contribution is -2.35. The number of rotatable bonds is 1. The van der Waals surface area contributed by atoms with Crippen LogP contribution in [0.2, 0.25) is 0 Å². The Kier molecular flexibility index (Phi) is 2.30. The van der Waals surface area contributed by atoms with E-state index in [0.29, 0.717) is 6.04 Å². The van der Waals surface area contributed by atoms with Gasteiger partial charge in [0, 0.05) is 12.6 Å². The molecule has 0 bridgehead atoms. The summed E-state index contributed by atoms with van der Waals surface area (Å²) in [6.45, 7) is 4.72. The van der Waals surface area contributed by atoms with E-state index in [-0.39, 0.29) is 0 Å². The van der Waals surface area contributed by atoms with E-state index in [9.17, 15) is 0 Å². The third-order valence-corrected chi connectivity index (χ3v) is 1.40. The first-order chi connectivity index (χ1) is 3.93. The Balaban J connectivity index is 2.13. The zero-order chi connectivity index (χ0) is 5.82. The third-order valence-electron chi connectivity index (χ3n) is 1.40. The fourth-order valence-corrected chi connectivity index (χ4v) is 0.819. The monoisotopic (exact) mass is 114 g/mol. The molecule has 0 spiro atoms. The van der Waals surface area contributed by atoms with Gasteiger partial charge < -0.3 is 4.74 Å². The first kappa shape index (κ1) is 6.05. The summed E-state index contributed by atoms with van der Waals surface area (Å²) in [5.74, 6) is 0. The highest BCUT2D eigenvalue weighted by atomic mass is 16.5. The van der Waals surface area contributed by atoms with E-state index in [1.807, 2.05) is 0 Å². The Labute approximate surface area is 50.2 Å². The maximum atomic E-state index is 5.18. The van der Waals surface area contributed by atoms with Crippen molar-refractivity contribution in [3.8, 4) is 0 Å². The molecular weight excluding hydrogens is 102 g/mol. The summed E-state index contributed by atoms with van der Waals surface area (Å²) in [6.07, 6.45) is 1.12. The second-order valence-corrected chi connectivity index (χ2v) is 2.04. The van der Waals surface area contributed by atoms with Crippen molar-refractivity contribution in [3.63, 3.8) is 0 Å². The van der Waals surface area contributed by atoms with Crippen LogP contribution in [-0.4, -0.2) is 25.8 Å². The maximum absolute atomic E-state index is 5.18. The standard InChI is InChI=1S/C6H12NO/c1-2-6-5-8-4-3-7-6/h6H,2-5H2,1H3. The quantitative estimate of drug-likeness (QED) is 0.484. The lowest BCUT2D eigenvalue weighted by Gasteiger charge is -2.19. The van der Waals surface area contributed by atoms with Crippen molar-refractivity contribution in [1.29, 1.82) is 0 Å². The molecule has 0 aromatic heterocycles. The van der Waals surface area contributed by atoms with Gasteiger partial charge in [-0.15, -0.1) is 0 Å². The molecule has 0 N–H and O–H groups in total. The van der Waals surface area contributed by atoms with E-state index in [1.165, 1.54) is 0 Å². The van der Waals surface area contributed by atoms with E-state index in [4.69, 9.17) is 4.74 Å². The van der Waals surface area contributed by atoms with Crippen molar-refractivity contribution in [3.05, 3.63) is 0 Å². The first-order valence-corrected chi connectivity index (χ1v) is 3.18. The summed E-state index contributed by atoms with van der Waals surface area (Å²) >= 11 is 0. The predicted molar refractivity (Wildman–Crippen MR) is 31.9 cm³/mol. The van der Waals surface area contributed by atoms with Crippen molar-refractivity contribution in [2.75, 3.05) is 19.8 Å². The second-order valence-electron chi connectivity index (χ2n) is 2.04. The summed E-state index contributed by atoms with van der Waals surface area (Å²) in [4.78, 5) is 0. The molecule has 2 heteroatoms. The van der Waals surface area contributed by atoms with E-state index in [1.54, 1.807) is 0 Å². The lowest BCUT2D eigenvalue weighted by molar-refractivity contribution is 0.0734. The Morgan fingerprint density at radius 3 is 3.00 bits per heavy atom. The maximum Gasteiger partial charge on any atom is 0.0636 e. The predicted octanol–water partition coefficient (Wildman–Crippen LogP) is 0.400. The number of ether oxygens (including phenoxy) is 1. The molecule has 1 heterocycles. The molecule has 1 aliphatic rings. The summed E-state index contributed by atoms with van der Waals surface area (Å²) in [7, 11) is 0. The van der Waals surface area contributed by atoms with Gasteiger partial charge in [0.2, 0.25) is 0 Å². The molecular formula is C6H12NO. The Morgan fingerprint density at radius 2 is 2.62 bits per heavy atom. The smallest absolute Gasteiger partial charge is 0.0636 e. The fourth-order valence-electron chi connectivity index (χ4n) is 0.819. The molecule has 1 rings (SSSR count). The molecule has 0 aromatic carbocycles.